The molecule has 0 saturated carbocycles. The molecule has 0 radical (unpaired) electrons. The molecule has 26 heavy (non-hydrogen) atoms. The van der Waals surface area contributed by atoms with Crippen molar-refractivity contribution in [1.29, 1.82) is 0 Å². The van der Waals surface area contributed by atoms with E-state index in [1.807, 2.05) is 43.3 Å². The van der Waals surface area contributed by atoms with E-state index in [9.17, 15) is 8.42 Å². The average Bonchev–Trinajstić information content (AvgIpc) is 3.04. The first-order valence-electron chi connectivity index (χ1n) is 8.18. The zero-order valence-electron chi connectivity index (χ0n) is 14.1. The van der Waals surface area contributed by atoms with Gasteiger partial charge in [-0.05, 0) is 37.1 Å². The van der Waals surface area contributed by atoms with E-state index in [0.717, 1.165) is 41.3 Å². The largest absolute Gasteiger partial charge is 0.326 e. The lowest BCUT2D eigenvalue weighted by atomic mass is 10.2. The van der Waals surface area contributed by atoms with Gasteiger partial charge in [0.25, 0.3) is 9.05 Å². The Hall–Kier alpha value is -2.44. The molecular weight excluding hydrogens is 370 g/mol. The van der Waals surface area contributed by atoms with E-state index >= 15 is 0 Å². The van der Waals surface area contributed by atoms with Gasteiger partial charge >= 0.3 is 0 Å². The second-order valence-corrected chi connectivity index (χ2v) is 8.75. The maximum atomic E-state index is 11.6. The lowest BCUT2D eigenvalue weighted by Gasteiger charge is -2.19. The van der Waals surface area contributed by atoms with Gasteiger partial charge in [-0.3, -0.25) is 0 Å². The zero-order valence-corrected chi connectivity index (χ0v) is 15.6. The summed E-state index contributed by atoms with van der Waals surface area (Å²) in [6.07, 6.45) is 0.735. The Labute approximate surface area is 156 Å². The highest BCUT2D eigenvalue weighted by Gasteiger charge is 2.24. The van der Waals surface area contributed by atoms with Gasteiger partial charge in [0, 0.05) is 40.2 Å². The summed E-state index contributed by atoms with van der Waals surface area (Å²) >= 11 is 0. The molecule has 5 nitrogen and oxygen atoms in total. The summed E-state index contributed by atoms with van der Waals surface area (Å²) in [5.41, 5.74) is 3.73. The van der Waals surface area contributed by atoms with Crippen LogP contribution < -0.4 is 4.90 Å². The lowest BCUT2D eigenvalue weighted by Crippen LogP contribution is -2.15. The molecular formula is C19H16ClN3O2S. The van der Waals surface area contributed by atoms with Crippen LogP contribution in [0, 0.1) is 6.92 Å². The number of halogens is 1. The number of fused-ring (bicyclic) bond motifs is 1. The van der Waals surface area contributed by atoms with Crippen molar-refractivity contribution in [3.63, 3.8) is 0 Å². The molecule has 2 aromatic carbocycles. The molecule has 0 fully saturated rings. The highest BCUT2D eigenvalue weighted by atomic mass is 35.7. The molecule has 0 spiro atoms. The van der Waals surface area contributed by atoms with Gasteiger partial charge in [-0.25, -0.2) is 18.4 Å². The molecule has 2 heterocycles. The third-order valence-corrected chi connectivity index (χ3v) is 5.73. The van der Waals surface area contributed by atoms with Gasteiger partial charge in [0.1, 0.15) is 5.82 Å². The van der Waals surface area contributed by atoms with Gasteiger partial charge < -0.3 is 4.90 Å². The maximum absolute atomic E-state index is 11.6. The molecule has 0 unspecified atom stereocenters. The van der Waals surface area contributed by atoms with Crippen LogP contribution in [-0.2, 0) is 15.5 Å². The van der Waals surface area contributed by atoms with Gasteiger partial charge in [-0.2, -0.15) is 0 Å². The molecule has 0 amide bonds. The number of anilines is 2. The van der Waals surface area contributed by atoms with Crippen molar-refractivity contribution >= 4 is 31.2 Å². The predicted molar refractivity (Wildman–Crippen MR) is 102 cm³/mol. The number of hydrogen-bond acceptors (Lipinski definition) is 5. The predicted octanol–water partition coefficient (Wildman–Crippen LogP) is 4.07. The molecule has 7 heteroatoms. The van der Waals surface area contributed by atoms with Crippen LogP contribution in [-0.4, -0.2) is 24.9 Å². The summed E-state index contributed by atoms with van der Waals surface area (Å²) in [4.78, 5) is 11.5. The highest BCUT2D eigenvalue weighted by molar-refractivity contribution is 8.13. The molecule has 0 N–H and O–H groups in total. The van der Waals surface area contributed by atoms with Crippen molar-refractivity contribution in [3.8, 4) is 11.4 Å². The molecule has 1 aliphatic rings. The summed E-state index contributed by atoms with van der Waals surface area (Å²) in [6.45, 7) is 2.67. The molecule has 0 bridgehead atoms. The molecule has 0 atom stereocenters. The topological polar surface area (TPSA) is 63.2 Å². The fourth-order valence-corrected chi connectivity index (χ4v) is 3.98. The van der Waals surface area contributed by atoms with Gasteiger partial charge in [0.2, 0.25) is 0 Å². The third-order valence-electron chi connectivity index (χ3n) is 4.38. The number of aromatic nitrogens is 2. The summed E-state index contributed by atoms with van der Waals surface area (Å²) in [7, 11) is 1.73. The number of nitrogens with zero attached hydrogens (tertiary/aromatic N) is 3. The zero-order chi connectivity index (χ0) is 18.3. The molecule has 3 aromatic rings. The van der Waals surface area contributed by atoms with Crippen LogP contribution in [0.3, 0.4) is 0 Å². The van der Waals surface area contributed by atoms with Crippen molar-refractivity contribution in [2.75, 3.05) is 11.4 Å². The minimum atomic E-state index is -3.73. The van der Waals surface area contributed by atoms with Gasteiger partial charge in [-0.15, -0.1) is 0 Å². The summed E-state index contributed by atoms with van der Waals surface area (Å²) in [5.74, 6) is 1.48. The van der Waals surface area contributed by atoms with Crippen LogP contribution in [0.15, 0.2) is 59.5 Å². The van der Waals surface area contributed by atoms with Gasteiger partial charge in [0.05, 0.1) is 4.90 Å². The Morgan fingerprint density at radius 3 is 2.54 bits per heavy atom. The normalized spacial score (nSPS) is 13.7. The van der Waals surface area contributed by atoms with E-state index in [2.05, 4.69) is 9.88 Å². The number of aryl methyl sites for hydroxylation is 1. The van der Waals surface area contributed by atoms with Crippen LogP contribution in [0.4, 0.5) is 11.5 Å². The minimum Gasteiger partial charge on any atom is -0.326 e. The smallest absolute Gasteiger partial charge is 0.261 e. The SMILES string of the molecule is Cc1cc(N2CCc3cc(S(=O)(=O)Cl)ccc32)nc(-c2ccccc2)n1. The fourth-order valence-electron chi connectivity index (χ4n) is 3.17. The van der Waals surface area contributed by atoms with Crippen LogP contribution in [0.1, 0.15) is 11.3 Å². The van der Waals surface area contributed by atoms with E-state index in [4.69, 9.17) is 15.7 Å². The Morgan fingerprint density at radius 2 is 1.81 bits per heavy atom. The molecule has 0 saturated heterocycles. The van der Waals surface area contributed by atoms with Crippen molar-refractivity contribution in [1.82, 2.24) is 9.97 Å². The van der Waals surface area contributed by atoms with Crippen LogP contribution >= 0.6 is 10.7 Å². The number of benzene rings is 2. The van der Waals surface area contributed by atoms with E-state index in [-0.39, 0.29) is 4.90 Å². The molecule has 1 aliphatic heterocycles. The van der Waals surface area contributed by atoms with E-state index in [1.54, 1.807) is 12.1 Å². The van der Waals surface area contributed by atoms with Crippen molar-refractivity contribution in [2.45, 2.75) is 18.2 Å². The van der Waals surface area contributed by atoms with Crippen molar-refractivity contribution in [3.05, 3.63) is 65.9 Å². The van der Waals surface area contributed by atoms with E-state index in [0.29, 0.717) is 5.82 Å². The fraction of sp³-hybridized carbons (Fsp3) is 0.158. The first-order valence-corrected chi connectivity index (χ1v) is 10.5. The third kappa shape index (κ3) is 3.18. The van der Waals surface area contributed by atoms with E-state index < -0.39 is 9.05 Å². The maximum Gasteiger partial charge on any atom is 0.261 e. The summed E-state index contributed by atoms with van der Waals surface area (Å²) in [6, 6.07) is 16.7. The lowest BCUT2D eigenvalue weighted by molar-refractivity contribution is 0.609. The second kappa shape index (κ2) is 6.37. The Balaban J connectivity index is 1.76. The Kier molecular flexibility index (Phi) is 4.17. The first-order chi connectivity index (χ1) is 12.4. The molecule has 132 valence electrons. The quantitative estimate of drug-likeness (QED) is 0.636. The Bertz CT molecular complexity index is 1090. The van der Waals surface area contributed by atoms with E-state index in [1.165, 1.54) is 6.07 Å². The van der Waals surface area contributed by atoms with Crippen molar-refractivity contribution < 1.29 is 8.42 Å². The van der Waals surface area contributed by atoms with Crippen LogP contribution in [0.25, 0.3) is 11.4 Å². The monoisotopic (exact) mass is 385 g/mol. The molecule has 0 aliphatic carbocycles. The highest BCUT2D eigenvalue weighted by Crippen LogP contribution is 2.36. The number of hydrogen-bond donors (Lipinski definition) is 0. The van der Waals surface area contributed by atoms with Crippen molar-refractivity contribution in [2.24, 2.45) is 0 Å². The van der Waals surface area contributed by atoms with Gasteiger partial charge in [-0.1, -0.05) is 30.3 Å². The minimum absolute atomic E-state index is 0.128. The summed E-state index contributed by atoms with van der Waals surface area (Å²) < 4.78 is 23.1. The summed E-state index contributed by atoms with van der Waals surface area (Å²) in [5, 5.41) is 0. The van der Waals surface area contributed by atoms with Crippen LogP contribution in [0.5, 0.6) is 0 Å². The second-order valence-electron chi connectivity index (χ2n) is 6.19. The number of rotatable bonds is 3. The molecule has 4 rings (SSSR count). The van der Waals surface area contributed by atoms with Gasteiger partial charge in [0.15, 0.2) is 5.82 Å². The van der Waals surface area contributed by atoms with Crippen LogP contribution in [0.2, 0.25) is 0 Å². The molecule has 1 aromatic heterocycles. The first kappa shape index (κ1) is 17.0. The Morgan fingerprint density at radius 1 is 1.04 bits per heavy atom. The standard InChI is InChI=1S/C19H16ClN3O2S/c1-13-11-18(22-19(21-13)14-5-3-2-4-6-14)23-10-9-15-12-16(26(20,24)25)7-8-17(15)23/h2-8,11-12H,9-10H2,1H3. The average molecular weight is 386 g/mol.